The second-order valence-corrected chi connectivity index (χ2v) is 7.45. The van der Waals surface area contributed by atoms with Crippen LogP contribution < -0.4 is 5.32 Å². The monoisotopic (exact) mass is 359 g/mol. The summed E-state index contributed by atoms with van der Waals surface area (Å²) in [6.07, 6.45) is 5.64. The smallest absolute Gasteiger partial charge is 0.273 e. The lowest BCUT2D eigenvalue weighted by molar-refractivity contribution is -0.117. The van der Waals surface area contributed by atoms with Gasteiger partial charge in [0.05, 0.1) is 18.6 Å². The number of rotatable bonds is 5. The highest BCUT2D eigenvalue weighted by Gasteiger charge is 2.54. The van der Waals surface area contributed by atoms with Crippen molar-refractivity contribution in [3.63, 3.8) is 0 Å². The van der Waals surface area contributed by atoms with Crippen molar-refractivity contribution < 1.29 is 9.53 Å². The Morgan fingerprint density at radius 2 is 2.20 bits per heavy atom. The maximum absolute atomic E-state index is 12.3. The van der Waals surface area contributed by atoms with Gasteiger partial charge in [-0.1, -0.05) is 0 Å². The van der Waals surface area contributed by atoms with Crippen molar-refractivity contribution in [2.75, 3.05) is 31.6 Å². The lowest BCUT2D eigenvalue weighted by Gasteiger charge is -2.50. The largest absolute Gasteiger partial charge is 0.371 e. The van der Waals surface area contributed by atoms with E-state index < -0.39 is 0 Å². The quantitative estimate of drug-likeness (QED) is 0.879. The van der Waals surface area contributed by atoms with Crippen molar-refractivity contribution in [1.82, 2.24) is 19.9 Å². The molecule has 0 aliphatic carbocycles. The van der Waals surface area contributed by atoms with Gasteiger partial charge in [0.2, 0.25) is 5.95 Å². The number of aryl methyl sites for hydroxylation is 1. The molecule has 1 spiro atoms. The molecule has 1 amide bonds. The fraction of sp³-hybridized carbons (Fsp3) is 0.529. The van der Waals surface area contributed by atoms with Crippen LogP contribution in [0, 0.1) is 12.8 Å². The van der Waals surface area contributed by atoms with Gasteiger partial charge in [-0.15, -0.1) is 11.3 Å². The van der Waals surface area contributed by atoms with Crippen LogP contribution in [0.3, 0.4) is 0 Å². The highest BCUT2D eigenvalue weighted by molar-refractivity contribution is 7.07. The van der Waals surface area contributed by atoms with Gasteiger partial charge < -0.3 is 15.0 Å². The number of anilines is 1. The first kappa shape index (κ1) is 16.4. The average molecular weight is 359 g/mol. The summed E-state index contributed by atoms with van der Waals surface area (Å²) < 4.78 is 6.03. The van der Waals surface area contributed by atoms with Gasteiger partial charge in [-0.05, 0) is 31.2 Å². The Morgan fingerprint density at radius 1 is 1.40 bits per heavy atom. The van der Waals surface area contributed by atoms with Crippen LogP contribution in [0.4, 0.5) is 5.95 Å². The molecule has 2 fully saturated rings. The minimum Gasteiger partial charge on any atom is -0.371 e. The molecule has 0 bridgehead atoms. The van der Waals surface area contributed by atoms with E-state index in [0.29, 0.717) is 30.6 Å². The van der Waals surface area contributed by atoms with Crippen molar-refractivity contribution in [3.8, 4) is 0 Å². The summed E-state index contributed by atoms with van der Waals surface area (Å²) in [5, 5.41) is 5.07. The summed E-state index contributed by atoms with van der Waals surface area (Å²) in [6, 6.07) is 0. The molecule has 132 valence electrons. The van der Waals surface area contributed by atoms with Crippen LogP contribution in [-0.4, -0.2) is 57.6 Å². The third kappa shape index (κ3) is 3.23. The van der Waals surface area contributed by atoms with Crippen molar-refractivity contribution in [2.45, 2.75) is 25.4 Å². The summed E-state index contributed by atoms with van der Waals surface area (Å²) in [4.78, 5) is 26.8. The first-order valence-electron chi connectivity index (χ1n) is 8.50. The molecule has 4 heterocycles. The number of carbonyl (C=O) groups is 1. The molecule has 0 radical (unpaired) electrons. The minimum atomic E-state index is -0.179. The molecule has 4 rings (SSSR count). The fourth-order valence-corrected chi connectivity index (χ4v) is 4.13. The zero-order valence-corrected chi connectivity index (χ0v) is 15.0. The zero-order valence-electron chi connectivity index (χ0n) is 14.1. The third-order valence-electron chi connectivity index (χ3n) is 5.01. The summed E-state index contributed by atoms with van der Waals surface area (Å²) >= 11 is 1.44. The number of carbonyl (C=O) groups excluding carboxylic acids is 1. The van der Waals surface area contributed by atoms with Crippen molar-refractivity contribution >= 4 is 23.2 Å². The van der Waals surface area contributed by atoms with E-state index >= 15 is 0 Å². The number of ether oxygens (including phenoxy) is 1. The number of likely N-dealkylation sites (tertiary alicyclic amines) is 1. The number of amides is 1. The minimum absolute atomic E-state index is 0.00676. The van der Waals surface area contributed by atoms with Gasteiger partial charge >= 0.3 is 0 Å². The second kappa shape index (κ2) is 6.68. The van der Waals surface area contributed by atoms with E-state index in [4.69, 9.17) is 4.74 Å². The van der Waals surface area contributed by atoms with Crippen molar-refractivity contribution in [2.24, 2.45) is 5.92 Å². The second-order valence-electron chi connectivity index (χ2n) is 6.73. The van der Waals surface area contributed by atoms with E-state index in [9.17, 15) is 4.79 Å². The molecule has 7 nitrogen and oxygen atoms in total. The lowest BCUT2D eigenvalue weighted by Crippen LogP contribution is -2.66. The number of nitrogens with zero attached hydrogens (tertiary/aromatic N) is 4. The van der Waals surface area contributed by atoms with Gasteiger partial charge in [0.25, 0.3) is 5.91 Å². The Kier molecular flexibility index (Phi) is 4.39. The normalized spacial score (nSPS) is 21.3. The molecular formula is C17H21N5O2S. The highest BCUT2D eigenvalue weighted by Crippen LogP contribution is 2.42. The van der Waals surface area contributed by atoms with Crippen LogP contribution in [0.5, 0.6) is 0 Å². The molecular weight excluding hydrogens is 338 g/mol. The van der Waals surface area contributed by atoms with Crippen LogP contribution in [0.25, 0.3) is 0 Å². The molecule has 1 atom stereocenters. The maximum atomic E-state index is 12.3. The molecule has 0 unspecified atom stereocenters. The van der Waals surface area contributed by atoms with Crippen LogP contribution in [0.15, 0.2) is 23.3 Å². The first-order chi connectivity index (χ1) is 12.2. The third-order valence-corrected chi connectivity index (χ3v) is 5.60. The molecule has 0 aromatic carbocycles. The van der Waals surface area contributed by atoms with Crippen molar-refractivity contribution in [1.29, 1.82) is 0 Å². The van der Waals surface area contributed by atoms with Crippen molar-refractivity contribution in [3.05, 3.63) is 34.5 Å². The van der Waals surface area contributed by atoms with Gasteiger partial charge in [-0.2, -0.15) is 0 Å². The van der Waals surface area contributed by atoms with Crippen LogP contribution in [0.2, 0.25) is 0 Å². The SMILES string of the molecule is Cc1cnc(NCC[C@@H]2CCOC23CN(C(=O)c2cscn2)C3)nc1. The number of hydrogen-bond acceptors (Lipinski definition) is 7. The Balaban J connectivity index is 1.29. The van der Waals surface area contributed by atoms with Gasteiger partial charge in [0, 0.05) is 30.9 Å². The molecule has 2 aliphatic heterocycles. The number of nitrogens with one attached hydrogen (secondary N) is 1. The predicted molar refractivity (Wildman–Crippen MR) is 94.7 cm³/mol. The van der Waals surface area contributed by atoms with E-state index in [0.717, 1.165) is 31.6 Å². The van der Waals surface area contributed by atoms with Gasteiger partial charge in [0.1, 0.15) is 11.3 Å². The lowest BCUT2D eigenvalue weighted by atomic mass is 9.79. The van der Waals surface area contributed by atoms with E-state index in [1.54, 1.807) is 10.9 Å². The fourth-order valence-electron chi connectivity index (χ4n) is 3.61. The molecule has 2 saturated heterocycles. The first-order valence-corrected chi connectivity index (χ1v) is 9.44. The molecule has 0 saturated carbocycles. The van der Waals surface area contributed by atoms with Crippen LogP contribution in [-0.2, 0) is 4.74 Å². The summed E-state index contributed by atoms with van der Waals surface area (Å²) in [5.41, 5.74) is 3.10. The molecule has 8 heteroatoms. The van der Waals surface area contributed by atoms with E-state index in [1.165, 1.54) is 11.3 Å². The zero-order chi connectivity index (χ0) is 17.3. The van der Waals surface area contributed by atoms with Crippen LogP contribution >= 0.6 is 11.3 Å². The number of hydrogen-bond donors (Lipinski definition) is 1. The van der Waals surface area contributed by atoms with Crippen LogP contribution in [0.1, 0.15) is 28.9 Å². The Labute approximate surface area is 150 Å². The standard InChI is InChI=1S/C17H21N5O2S/c1-12-6-19-16(20-7-12)18-4-2-13-3-5-24-17(13)9-22(10-17)15(23)14-8-25-11-21-14/h6-8,11,13H,2-5,9-10H2,1H3,(H,18,19,20)/t13-/m1/s1. The summed E-state index contributed by atoms with van der Waals surface area (Å²) in [7, 11) is 0. The Hall–Kier alpha value is -2.06. The molecule has 2 aromatic rings. The van der Waals surface area contributed by atoms with Gasteiger partial charge in [0.15, 0.2) is 0 Å². The number of aromatic nitrogens is 3. The topological polar surface area (TPSA) is 80.2 Å². The molecule has 2 aromatic heterocycles. The summed E-state index contributed by atoms with van der Waals surface area (Å²) in [5.74, 6) is 1.12. The molecule has 25 heavy (non-hydrogen) atoms. The van der Waals surface area contributed by atoms with E-state index in [1.807, 2.05) is 24.2 Å². The van der Waals surface area contributed by atoms with Gasteiger partial charge in [-0.25, -0.2) is 15.0 Å². The average Bonchev–Trinajstić information content (AvgIpc) is 3.24. The van der Waals surface area contributed by atoms with Gasteiger partial charge in [-0.3, -0.25) is 4.79 Å². The Bertz CT molecular complexity index is 728. The summed E-state index contributed by atoms with van der Waals surface area (Å²) in [6.45, 7) is 4.87. The predicted octanol–water partition coefficient (Wildman–Crippen LogP) is 1.97. The highest BCUT2D eigenvalue weighted by atomic mass is 32.1. The van der Waals surface area contributed by atoms with E-state index in [2.05, 4.69) is 20.3 Å². The Morgan fingerprint density at radius 3 is 2.92 bits per heavy atom. The maximum Gasteiger partial charge on any atom is 0.273 e. The molecule has 1 N–H and O–H groups in total. The number of thiazole rings is 1. The van der Waals surface area contributed by atoms with E-state index in [-0.39, 0.29) is 11.5 Å². The molecule has 2 aliphatic rings.